The molecule has 1 N–H and O–H groups in total. The molecule has 1 heterocycles. The molecule has 1 aromatic heterocycles. The highest BCUT2D eigenvalue weighted by Crippen LogP contribution is 2.19. The molecule has 0 unspecified atom stereocenters. The highest BCUT2D eigenvalue weighted by atomic mass is 79.9. The highest BCUT2D eigenvalue weighted by Gasteiger charge is 1.97. The summed E-state index contributed by atoms with van der Waals surface area (Å²) < 4.78 is 1.03. The summed E-state index contributed by atoms with van der Waals surface area (Å²) in [5, 5.41) is 0. The molecule has 0 atom stereocenters. The Morgan fingerprint density at radius 1 is 1.14 bits per heavy atom. The molecule has 0 aliphatic heterocycles. The number of hydrogen-bond acceptors (Lipinski definition) is 2. The molecule has 0 amide bonds. The zero-order chi connectivity index (χ0) is 9.97. The van der Waals surface area contributed by atoms with Gasteiger partial charge in [-0.1, -0.05) is 28.1 Å². The lowest BCUT2D eigenvalue weighted by atomic mass is 10.1. The number of aromatic amines is 1. The lowest BCUT2D eigenvalue weighted by Crippen LogP contribution is -2.07. The smallest absolute Gasteiger partial charge is 0.312 e. The van der Waals surface area contributed by atoms with E-state index in [1.54, 1.807) is 12.4 Å². The van der Waals surface area contributed by atoms with Crippen LogP contribution in [0.25, 0.3) is 11.1 Å². The van der Waals surface area contributed by atoms with Crippen LogP contribution in [0.5, 0.6) is 0 Å². The van der Waals surface area contributed by atoms with Gasteiger partial charge in [0.25, 0.3) is 0 Å². The molecule has 0 spiro atoms. The number of rotatable bonds is 1. The lowest BCUT2D eigenvalue weighted by molar-refractivity contribution is 1.08. The Morgan fingerprint density at radius 3 is 2.43 bits per heavy atom. The van der Waals surface area contributed by atoms with Gasteiger partial charge in [-0.05, 0) is 17.7 Å². The van der Waals surface area contributed by atoms with Gasteiger partial charge >= 0.3 is 5.69 Å². The van der Waals surface area contributed by atoms with E-state index in [2.05, 4.69) is 25.9 Å². The first-order valence-electron chi connectivity index (χ1n) is 4.06. The first kappa shape index (κ1) is 9.15. The van der Waals surface area contributed by atoms with Crippen LogP contribution in [0.4, 0.5) is 0 Å². The summed E-state index contributed by atoms with van der Waals surface area (Å²) in [4.78, 5) is 16.9. The fraction of sp³-hybridized carbons (Fsp3) is 0. The fourth-order valence-corrected chi connectivity index (χ4v) is 1.41. The molecule has 0 aliphatic rings. The molecule has 0 aliphatic carbocycles. The largest absolute Gasteiger partial charge is 0.344 e. The third-order valence-corrected chi connectivity index (χ3v) is 2.38. The minimum absolute atomic E-state index is 0.328. The maximum absolute atomic E-state index is 10.7. The van der Waals surface area contributed by atoms with Crippen molar-refractivity contribution in [3.63, 3.8) is 0 Å². The predicted octanol–water partition coefficient (Wildman–Crippen LogP) is 2.20. The van der Waals surface area contributed by atoms with Gasteiger partial charge < -0.3 is 4.98 Å². The molecule has 2 aromatic rings. The quantitative estimate of drug-likeness (QED) is 0.844. The van der Waals surface area contributed by atoms with E-state index in [-0.39, 0.29) is 5.69 Å². The van der Waals surface area contributed by atoms with Crippen LogP contribution in [0, 0.1) is 0 Å². The SMILES string of the molecule is O=c1ncc(-c2ccc(Br)cc2)c[nH]1. The van der Waals surface area contributed by atoms with Crippen LogP contribution in [-0.4, -0.2) is 9.97 Å². The Kier molecular flexibility index (Phi) is 2.45. The topological polar surface area (TPSA) is 45.8 Å². The zero-order valence-corrected chi connectivity index (χ0v) is 8.78. The van der Waals surface area contributed by atoms with Gasteiger partial charge in [0.05, 0.1) is 0 Å². The van der Waals surface area contributed by atoms with Gasteiger partial charge in [0.1, 0.15) is 0 Å². The monoisotopic (exact) mass is 250 g/mol. The molecule has 0 bridgehead atoms. The second-order valence-electron chi connectivity index (χ2n) is 2.81. The fourth-order valence-electron chi connectivity index (χ4n) is 1.14. The van der Waals surface area contributed by atoms with Crippen molar-refractivity contribution in [2.45, 2.75) is 0 Å². The number of benzene rings is 1. The van der Waals surface area contributed by atoms with Crippen molar-refractivity contribution < 1.29 is 0 Å². The molecular weight excluding hydrogens is 244 g/mol. The third kappa shape index (κ3) is 1.90. The minimum Gasteiger partial charge on any atom is -0.312 e. The summed E-state index contributed by atoms with van der Waals surface area (Å²) in [6.45, 7) is 0. The van der Waals surface area contributed by atoms with Crippen molar-refractivity contribution in [2.75, 3.05) is 0 Å². The Labute approximate surface area is 89.0 Å². The van der Waals surface area contributed by atoms with Crippen molar-refractivity contribution in [2.24, 2.45) is 0 Å². The molecule has 70 valence electrons. The van der Waals surface area contributed by atoms with Gasteiger partial charge in [-0.3, -0.25) is 0 Å². The predicted molar refractivity (Wildman–Crippen MR) is 58.0 cm³/mol. The zero-order valence-electron chi connectivity index (χ0n) is 7.20. The second kappa shape index (κ2) is 3.75. The Hall–Kier alpha value is -1.42. The second-order valence-corrected chi connectivity index (χ2v) is 3.73. The minimum atomic E-state index is -0.328. The van der Waals surface area contributed by atoms with E-state index in [1.807, 2.05) is 24.3 Å². The maximum atomic E-state index is 10.7. The number of nitrogens with zero attached hydrogens (tertiary/aromatic N) is 1. The number of halogens is 1. The molecule has 0 saturated heterocycles. The summed E-state index contributed by atoms with van der Waals surface area (Å²) in [7, 11) is 0. The standard InChI is InChI=1S/C10H7BrN2O/c11-9-3-1-7(2-4-9)8-5-12-10(14)13-6-8/h1-6H,(H,12,13,14). The van der Waals surface area contributed by atoms with Gasteiger partial charge in [0.15, 0.2) is 0 Å². The molecule has 14 heavy (non-hydrogen) atoms. The molecule has 2 rings (SSSR count). The van der Waals surface area contributed by atoms with Gasteiger partial charge in [0, 0.05) is 22.4 Å². The molecule has 0 radical (unpaired) electrons. The number of hydrogen-bond donors (Lipinski definition) is 1. The van der Waals surface area contributed by atoms with E-state index < -0.39 is 0 Å². The van der Waals surface area contributed by atoms with E-state index in [1.165, 1.54) is 0 Å². The third-order valence-electron chi connectivity index (χ3n) is 1.85. The van der Waals surface area contributed by atoms with Crippen LogP contribution in [0.15, 0.2) is 45.9 Å². The van der Waals surface area contributed by atoms with Gasteiger partial charge in [-0.15, -0.1) is 0 Å². The summed E-state index contributed by atoms with van der Waals surface area (Å²) in [5.74, 6) is 0. The summed E-state index contributed by atoms with van der Waals surface area (Å²) in [6.07, 6.45) is 3.21. The number of H-pyrrole nitrogens is 1. The van der Waals surface area contributed by atoms with Crippen LogP contribution in [0.1, 0.15) is 0 Å². The van der Waals surface area contributed by atoms with Crippen LogP contribution < -0.4 is 5.69 Å². The molecule has 0 fully saturated rings. The summed E-state index contributed by atoms with van der Waals surface area (Å²) in [6, 6.07) is 7.81. The van der Waals surface area contributed by atoms with Crippen molar-refractivity contribution in [3.8, 4) is 11.1 Å². The van der Waals surface area contributed by atoms with E-state index in [0.717, 1.165) is 15.6 Å². The average molecular weight is 251 g/mol. The summed E-state index contributed by atoms with van der Waals surface area (Å²) in [5.41, 5.74) is 1.60. The van der Waals surface area contributed by atoms with E-state index in [0.29, 0.717) is 0 Å². The number of aromatic nitrogens is 2. The molecule has 0 saturated carbocycles. The Bertz CT molecular complexity index is 470. The van der Waals surface area contributed by atoms with Crippen molar-refractivity contribution >= 4 is 15.9 Å². The van der Waals surface area contributed by atoms with Gasteiger partial charge in [0.2, 0.25) is 0 Å². The molecule has 1 aromatic carbocycles. The van der Waals surface area contributed by atoms with Crippen LogP contribution in [0.2, 0.25) is 0 Å². The van der Waals surface area contributed by atoms with Crippen molar-refractivity contribution in [1.82, 2.24) is 9.97 Å². The van der Waals surface area contributed by atoms with Gasteiger partial charge in [-0.2, -0.15) is 0 Å². The van der Waals surface area contributed by atoms with Crippen molar-refractivity contribution in [1.29, 1.82) is 0 Å². The van der Waals surface area contributed by atoms with Crippen LogP contribution in [-0.2, 0) is 0 Å². The van der Waals surface area contributed by atoms with Crippen LogP contribution >= 0.6 is 15.9 Å². The van der Waals surface area contributed by atoms with Crippen LogP contribution in [0.3, 0.4) is 0 Å². The summed E-state index contributed by atoms with van der Waals surface area (Å²) >= 11 is 3.36. The Balaban J connectivity index is 2.44. The van der Waals surface area contributed by atoms with Gasteiger partial charge in [-0.25, -0.2) is 9.78 Å². The highest BCUT2D eigenvalue weighted by molar-refractivity contribution is 9.10. The normalized spacial score (nSPS) is 10.1. The molecular formula is C10H7BrN2O. The van der Waals surface area contributed by atoms with E-state index in [9.17, 15) is 4.79 Å². The molecule has 4 heteroatoms. The van der Waals surface area contributed by atoms with Crippen molar-refractivity contribution in [3.05, 3.63) is 51.6 Å². The average Bonchev–Trinajstić information content (AvgIpc) is 2.21. The van der Waals surface area contributed by atoms with E-state index >= 15 is 0 Å². The Morgan fingerprint density at radius 2 is 1.86 bits per heavy atom. The maximum Gasteiger partial charge on any atom is 0.344 e. The molecule has 3 nitrogen and oxygen atoms in total. The number of nitrogens with one attached hydrogen (secondary N) is 1. The van der Waals surface area contributed by atoms with E-state index in [4.69, 9.17) is 0 Å². The lowest BCUT2D eigenvalue weighted by Gasteiger charge is -1.99. The first-order valence-corrected chi connectivity index (χ1v) is 4.86. The first-order chi connectivity index (χ1) is 6.75.